The predicted molar refractivity (Wildman–Crippen MR) is 73.7 cm³/mol. The van der Waals surface area contributed by atoms with Gasteiger partial charge in [-0.15, -0.1) is 0 Å². The lowest BCUT2D eigenvalue weighted by atomic mass is 10.1. The SMILES string of the molecule is COc1cc(N2CCCC(F)(F)C2)c(Br)cc1[N+](=O)[O-]. The second kappa shape index (κ2) is 5.51. The van der Waals surface area contributed by atoms with Crippen LogP contribution in [0, 0.1) is 10.1 Å². The van der Waals surface area contributed by atoms with Gasteiger partial charge in [-0.3, -0.25) is 10.1 Å². The summed E-state index contributed by atoms with van der Waals surface area (Å²) in [4.78, 5) is 11.8. The number of hydrogen-bond acceptors (Lipinski definition) is 4. The summed E-state index contributed by atoms with van der Waals surface area (Å²) in [6, 6.07) is 2.70. The third kappa shape index (κ3) is 3.00. The lowest BCUT2D eigenvalue weighted by molar-refractivity contribution is -0.385. The number of nitrogens with zero attached hydrogens (tertiary/aromatic N) is 2. The Morgan fingerprint density at radius 3 is 2.75 bits per heavy atom. The Kier molecular flexibility index (Phi) is 4.12. The van der Waals surface area contributed by atoms with E-state index >= 15 is 0 Å². The number of benzene rings is 1. The van der Waals surface area contributed by atoms with Gasteiger partial charge in [0.05, 0.1) is 24.3 Å². The summed E-state index contributed by atoms with van der Waals surface area (Å²) < 4.78 is 32.3. The quantitative estimate of drug-likeness (QED) is 0.617. The fourth-order valence-corrected chi connectivity index (χ4v) is 2.83. The molecule has 20 heavy (non-hydrogen) atoms. The zero-order valence-corrected chi connectivity index (χ0v) is 12.3. The summed E-state index contributed by atoms with van der Waals surface area (Å²) in [5, 5.41) is 10.9. The number of halogens is 3. The van der Waals surface area contributed by atoms with Crippen molar-refractivity contribution in [2.24, 2.45) is 0 Å². The van der Waals surface area contributed by atoms with Crippen LogP contribution in [0.1, 0.15) is 12.8 Å². The van der Waals surface area contributed by atoms with Gasteiger partial charge in [0.25, 0.3) is 5.92 Å². The molecule has 0 N–H and O–H groups in total. The smallest absolute Gasteiger partial charge is 0.312 e. The molecule has 0 spiro atoms. The average Bonchev–Trinajstić information content (AvgIpc) is 2.37. The molecule has 0 amide bonds. The monoisotopic (exact) mass is 350 g/mol. The first-order chi connectivity index (χ1) is 9.34. The molecule has 0 radical (unpaired) electrons. The predicted octanol–water partition coefficient (Wildman–Crippen LogP) is 3.60. The molecular formula is C12H13BrF2N2O3. The van der Waals surface area contributed by atoms with E-state index in [0.29, 0.717) is 23.1 Å². The van der Waals surface area contributed by atoms with Gasteiger partial charge >= 0.3 is 5.69 Å². The van der Waals surface area contributed by atoms with Crippen LogP contribution in [0.25, 0.3) is 0 Å². The average molecular weight is 351 g/mol. The second-order valence-electron chi connectivity index (χ2n) is 4.61. The molecule has 5 nitrogen and oxygen atoms in total. The number of rotatable bonds is 3. The van der Waals surface area contributed by atoms with Gasteiger partial charge in [0.2, 0.25) is 0 Å². The number of piperidine rings is 1. The van der Waals surface area contributed by atoms with Crippen LogP contribution >= 0.6 is 15.9 Å². The maximum Gasteiger partial charge on any atom is 0.312 e. The minimum absolute atomic E-state index is 0.0575. The zero-order chi connectivity index (χ0) is 14.9. The summed E-state index contributed by atoms with van der Waals surface area (Å²) in [6.45, 7) is 0.0850. The number of ether oxygens (including phenoxy) is 1. The van der Waals surface area contributed by atoms with E-state index in [1.807, 2.05) is 0 Å². The highest BCUT2D eigenvalue weighted by molar-refractivity contribution is 9.10. The minimum atomic E-state index is -2.74. The van der Waals surface area contributed by atoms with Crippen LogP contribution in [0.5, 0.6) is 5.75 Å². The summed E-state index contributed by atoms with van der Waals surface area (Å²) in [5.74, 6) is -2.69. The number of methoxy groups -OCH3 is 1. The Morgan fingerprint density at radius 2 is 2.20 bits per heavy atom. The molecule has 1 aromatic rings. The van der Waals surface area contributed by atoms with Gasteiger partial charge in [0.1, 0.15) is 0 Å². The second-order valence-corrected chi connectivity index (χ2v) is 5.47. The molecule has 0 unspecified atom stereocenters. The van der Waals surface area contributed by atoms with Gasteiger partial charge in [-0.2, -0.15) is 0 Å². The largest absolute Gasteiger partial charge is 0.490 e. The molecule has 0 aliphatic carbocycles. The molecule has 1 aromatic carbocycles. The first-order valence-corrected chi connectivity index (χ1v) is 6.78. The Bertz CT molecular complexity index is 540. The minimum Gasteiger partial charge on any atom is -0.490 e. The van der Waals surface area contributed by atoms with Crippen molar-refractivity contribution in [3.63, 3.8) is 0 Å². The molecular weight excluding hydrogens is 338 g/mol. The van der Waals surface area contributed by atoms with Crippen molar-refractivity contribution in [1.29, 1.82) is 0 Å². The van der Waals surface area contributed by atoms with Crippen LogP contribution in [0.2, 0.25) is 0 Å². The summed E-state index contributed by atoms with van der Waals surface area (Å²) in [5.41, 5.74) is 0.277. The third-order valence-electron chi connectivity index (χ3n) is 3.18. The van der Waals surface area contributed by atoms with Crippen molar-refractivity contribution < 1.29 is 18.4 Å². The molecule has 0 saturated carbocycles. The van der Waals surface area contributed by atoms with Crippen LogP contribution in [-0.2, 0) is 0 Å². The van der Waals surface area contributed by atoms with Crippen LogP contribution in [0.4, 0.5) is 20.2 Å². The molecule has 1 saturated heterocycles. The Morgan fingerprint density at radius 1 is 1.50 bits per heavy atom. The molecule has 0 aromatic heterocycles. The first-order valence-electron chi connectivity index (χ1n) is 5.99. The van der Waals surface area contributed by atoms with Gasteiger partial charge in [-0.25, -0.2) is 8.78 Å². The lowest BCUT2D eigenvalue weighted by Gasteiger charge is -2.34. The highest BCUT2D eigenvalue weighted by Crippen LogP contribution is 2.40. The number of nitro groups is 1. The van der Waals surface area contributed by atoms with Crippen molar-refractivity contribution in [3.8, 4) is 5.75 Å². The van der Waals surface area contributed by atoms with E-state index in [1.54, 1.807) is 0 Å². The van der Waals surface area contributed by atoms with E-state index < -0.39 is 17.4 Å². The van der Waals surface area contributed by atoms with Crippen LogP contribution < -0.4 is 9.64 Å². The van der Waals surface area contributed by atoms with E-state index in [2.05, 4.69) is 15.9 Å². The highest BCUT2D eigenvalue weighted by Gasteiger charge is 2.36. The first kappa shape index (κ1) is 15.0. The molecule has 2 rings (SSSR count). The topological polar surface area (TPSA) is 55.6 Å². The number of hydrogen-bond donors (Lipinski definition) is 0. The summed E-state index contributed by atoms with van der Waals surface area (Å²) >= 11 is 3.21. The molecule has 1 fully saturated rings. The van der Waals surface area contributed by atoms with E-state index in [4.69, 9.17) is 4.74 Å². The molecule has 0 atom stereocenters. The van der Waals surface area contributed by atoms with Gasteiger partial charge in [0, 0.05) is 29.6 Å². The Labute approximate surface area is 122 Å². The van der Waals surface area contributed by atoms with E-state index in [1.165, 1.54) is 24.1 Å². The van der Waals surface area contributed by atoms with Crippen LogP contribution in [-0.4, -0.2) is 31.0 Å². The van der Waals surface area contributed by atoms with Crippen molar-refractivity contribution in [2.45, 2.75) is 18.8 Å². The molecule has 1 aliphatic heterocycles. The molecule has 1 aliphatic rings. The number of anilines is 1. The maximum atomic E-state index is 13.5. The van der Waals surface area contributed by atoms with Crippen molar-refractivity contribution >= 4 is 27.3 Å². The van der Waals surface area contributed by atoms with Gasteiger partial charge in [0.15, 0.2) is 5.75 Å². The summed E-state index contributed by atoms with van der Waals surface area (Å²) in [6.07, 6.45) is 0.240. The maximum absolute atomic E-state index is 13.5. The van der Waals surface area contributed by atoms with Crippen molar-refractivity contribution in [2.75, 3.05) is 25.1 Å². The number of nitro benzene ring substituents is 1. The Hall–Kier alpha value is -1.44. The summed E-state index contributed by atoms with van der Waals surface area (Å²) in [7, 11) is 1.31. The van der Waals surface area contributed by atoms with E-state index in [0.717, 1.165) is 0 Å². The molecule has 8 heteroatoms. The van der Waals surface area contributed by atoms with E-state index in [-0.39, 0.29) is 17.9 Å². The fourth-order valence-electron chi connectivity index (χ4n) is 2.25. The standard InChI is InChI=1S/C12H13BrF2N2O3/c1-20-11-6-9(8(13)5-10(11)17(18)19)16-4-2-3-12(14,15)7-16/h5-6H,2-4,7H2,1H3. The normalized spacial score (nSPS) is 17.9. The third-order valence-corrected chi connectivity index (χ3v) is 3.81. The van der Waals surface area contributed by atoms with Crippen LogP contribution in [0.3, 0.4) is 0 Å². The lowest BCUT2D eigenvalue weighted by Crippen LogP contribution is -2.42. The Balaban J connectivity index is 2.39. The van der Waals surface area contributed by atoms with Crippen molar-refractivity contribution in [1.82, 2.24) is 0 Å². The van der Waals surface area contributed by atoms with Crippen LogP contribution in [0.15, 0.2) is 16.6 Å². The highest BCUT2D eigenvalue weighted by atomic mass is 79.9. The van der Waals surface area contributed by atoms with E-state index in [9.17, 15) is 18.9 Å². The fraction of sp³-hybridized carbons (Fsp3) is 0.500. The van der Waals surface area contributed by atoms with Crippen molar-refractivity contribution in [3.05, 3.63) is 26.7 Å². The van der Waals surface area contributed by atoms with Gasteiger partial charge < -0.3 is 9.64 Å². The molecule has 110 valence electrons. The molecule has 1 heterocycles. The van der Waals surface area contributed by atoms with Gasteiger partial charge in [-0.05, 0) is 22.4 Å². The van der Waals surface area contributed by atoms with Gasteiger partial charge in [-0.1, -0.05) is 0 Å². The zero-order valence-electron chi connectivity index (χ0n) is 10.7. The molecule has 0 bridgehead atoms. The number of alkyl halides is 2.